The summed E-state index contributed by atoms with van der Waals surface area (Å²) in [5, 5.41) is 0. The first-order valence-corrected chi connectivity index (χ1v) is 4.50. The lowest BCUT2D eigenvalue weighted by atomic mass is 10.3. The average Bonchev–Trinajstić information content (AvgIpc) is 2.14. The molecule has 0 aliphatic rings. The largest absolute Gasteiger partial charge is 0.573 e. The highest BCUT2D eigenvalue weighted by molar-refractivity contribution is 5.31. The molecule has 0 saturated heterocycles. The smallest absolute Gasteiger partial charge is 0.489 e. The van der Waals surface area contributed by atoms with E-state index in [2.05, 4.69) is 11.3 Å². The maximum absolute atomic E-state index is 11.8. The molecular formula is C11H11F3O2. The first-order valence-electron chi connectivity index (χ1n) is 4.50. The second kappa shape index (κ2) is 4.92. The lowest BCUT2D eigenvalue weighted by Crippen LogP contribution is -2.16. The summed E-state index contributed by atoms with van der Waals surface area (Å²) < 4.78 is 44.4. The Balaban J connectivity index is 2.57. The molecule has 0 aromatic heterocycles. The number of hydrogen-bond acceptors (Lipinski definition) is 2. The molecule has 0 aliphatic heterocycles. The van der Waals surface area contributed by atoms with Crippen molar-refractivity contribution in [2.45, 2.75) is 13.3 Å². The lowest BCUT2D eigenvalue weighted by Gasteiger charge is -2.10. The van der Waals surface area contributed by atoms with Crippen LogP contribution < -0.4 is 9.47 Å². The van der Waals surface area contributed by atoms with E-state index >= 15 is 0 Å². The zero-order valence-electron chi connectivity index (χ0n) is 8.67. The fourth-order valence-electron chi connectivity index (χ4n) is 0.944. The summed E-state index contributed by atoms with van der Waals surface area (Å²) in [6.45, 7) is 5.76. The third-order valence-corrected chi connectivity index (χ3v) is 1.54. The minimum Gasteiger partial charge on any atom is -0.489 e. The van der Waals surface area contributed by atoms with Crippen LogP contribution in [0.2, 0.25) is 0 Å². The van der Waals surface area contributed by atoms with Gasteiger partial charge in [-0.15, -0.1) is 13.2 Å². The fourth-order valence-corrected chi connectivity index (χ4v) is 0.944. The molecular weight excluding hydrogens is 221 g/mol. The fraction of sp³-hybridized carbons (Fsp3) is 0.273. The van der Waals surface area contributed by atoms with E-state index in [0.29, 0.717) is 12.4 Å². The maximum Gasteiger partial charge on any atom is 0.573 e. The first kappa shape index (κ1) is 12.4. The number of alkyl halides is 3. The molecule has 88 valence electrons. The van der Waals surface area contributed by atoms with Gasteiger partial charge in [-0.1, -0.05) is 6.58 Å². The third kappa shape index (κ3) is 4.72. The highest BCUT2D eigenvalue weighted by atomic mass is 19.4. The molecule has 0 amide bonds. The van der Waals surface area contributed by atoms with Crippen molar-refractivity contribution in [2.75, 3.05) is 6.61 Å². The molecule has 0 fully saturated rings. The minimum absolute atomic E-state index is 0.268. The molecule has 0 aliphatic carbocycles. The molecule has 1 aromatic rings. The van der Waals surface area contributed by atoms with Crippen molar-refractivity contribution in [1.29, 1.82) is 0 Å². The van der Waals surface area contributed by atoms with Gasteiger partial charge in [0.25, 0.3) is 0 Å². The van der Waals surface area contributed by atoms with Gasteiger partial charge in [-0.25, -0.2) is 0 Å². The summed E-state index contributed by atoms with van der Waals surface area (Å²) in [5.74, 6) is 0.202. The Morgan fingerprint density at radius 1 is 1.19 bits per heavy atom. The Labute approximate surface area is 91.3 Å². The van der Waals surface area contributed by atoms with E-state index in [1.807, 2.05) is 0 Å². The zero-order valence-corrected chi connectivity index (χ0v) is 8.67. The van der Waals surface area contributed by atoms with Crippen LogP contribution in [0.4, 0.5) is 13.2 Å². The van der Waals surface area contributed by atoms with Gasteiger partial charge < -0.3 is 9.47 Å². The molecule has 0 bridgehead atoms. The molecule has 16 heavy (non-hydrogen) atoms. The van der Waals surface area contributed by atoms with Crippen molar-refractivity contribution in [3.63, 3.8) is 0 Å². The molecule has 0 heterocycles. The van der Waals surface area contributed by atoms with Crippen LogP contribution in [0, 0.1) is 0 Å². The molecule has 0 N–H and O–H groups in total. The summed E-state index contributed by atoms with van der Waals surface area (Å²) in [6, 6.07) is 5.20. The molecule has 2 nitrogen and oxygen atoms in total. The summed E-state index contributed by atoms with van der Waals surface area (Å²) >= 11 is 0. The van der Waals surface area contributed by atoms with Crippen molar-refractivity contribution < 1.29 is 22.6 Å². The van der Waals surface area contributed by atoms with Crippen molar-refractivity contribution in [1.82, 2.24) is 0 Å². The Kier molecular flexibility index (Phi) is 3.82. The van der Waals surface area contributed by atoms with Gasteiger partial charge in [0, 0.05) is 0 Å². The Morgan fingerprint density at radius 3 is 2.12 bits per heavy atom. The van der Waals surface area contributed by atoms with Crippen LogP contribution in [0.3, 0.4) is 0 Å². The van der Waals surface area contributed by atoms with Crippen molar-refractivity contribution in [3.05, 3.63) is 36.4 Å². The molecule has 1 aromatic carbocycles. The predicted molar refractivity (Wildman–Crippen MR) is 53.4 cm³/mol. The Morgan fingerprint density at radius 2 is 1.69 bits per heavy atom. The van der Waals surface area contributed by atoms with Gasteiger partial charge >= 0.3 is 6.36 Å². The molecule has 0 atom stereocenters. The van der Waals surface area contributed by atoms with Crippen molar-refractivity contribution in [3.8, 4) is 11.5 Å². The van der Waals surface area contributed by atoms with Crippen LogP contribution in [-0.4, -0.2) is 13.0 Å². The normalized spacial score (nSPS) is 11.0. The molecule has 0 saturated carbocycles. The van der Waals surface area contributed by atoms with Gasteiger partial charge in [0.1, 0.15) is 18.1 Å². The Bertz CT molecular complexity index is 354. The molecule has 1 rings (SSSR count). The van der Waals surface area contributed by atoms with E-state index in [1.165, 1.54) is 24.3 Å². The van der Waals surface area contributed by atoms with Gasteiger partial charge in [0.05, 0.1) is 0 Å². The van der Waals surface area contributed by atoms with Gasteiger partial charge in [-0.2, -0.15) is 0 Å². The van der Waals surface area contributed by atoms with Crippen molar-refractivity contribution in [2.24, 2.45) is 0 Å². The highest BCUT2D eigenvalue weighted by Gasteiger charge is 2.30. The second-order valence-corrected chi connectivity index (χ2v) is 3.26. The van der Waals surface area contributed by atoms with Gasteiger partial charge in [0.2, 0.25) is 0 Å². The summed E-state index contributed by atoms with van der Waals surface area (Å²) in [4.78, 5) is 0. The standard InChI is InChI=1S/C11H11F3O2/c1-8(2)7-15-9-3-5-10(6-4-9)16-11(12,13)14/h3-6H,1,7H2,2H3. The molecule has 5 heteroatoms. The van der Waals surface area contributed by atoms with Gasteiger partial charge in [0.15, 0.2) is 0 Å². The zero-order chi connectivity index (χ0) is 12.2. The average molecular weight is 232 g/mol. The Hall–Kier alpha value is -1.65. The molecule has 0 radical (unpaired) electrons. The quantitative estimate of drug-likeness (QED) is 0.739. The van der Waals surface area contributed by atoms with E-state index in [0.717, 1.165) is 5.57 Å². The summed E-state index contributed by atoms with van der Waals surface area (Å²) in [5.41, 5.74) is 0.829. The van der Waals surface area contributed by atoms with Crippen LogP contribution in [0.1, 0.15) is 6.92 Å². The van der Waals surface area contributed by atoms with E-state index in [1.54, 1.807) is 6.92 Å². The maximum atomic E-state index is 11.8. The SMILES string of the molecule is C=C(C)COc1ccc(OC(F)(F)F)cc1. The second-order valence-electron chi connectivity index (χ2n) is 3.26. The molecule has 0 spiro atoms. The number of halogens is 3. The monoisotopic (exact) mass is 232 g/mol. The van der Waals surface area contributed by atoms with E-state index in [-0.39, 0.29) is 5.75 Å². The van der Waals surface area contributed by atoms with E-state index < -0.39 is 6.36 Å². The number of ether oxygens (including phenoxy) is 2. The minimum atomic E-state index is -4.67. The van der Waals surface area contributed by atoms with Gasteiger partial charge in [-0.05, 0) is 36.8 Å². The van der Waals surface area contributed by atoms with Crippen LogP contribution in [0.25, 0.3) is 0 Å². The van der Waals surface area contributed by atoms with Crippen LogP contribution in [0.5, 0.6) is 11.5 Å². The summed E-state index contributed by atoms with van der Waals surface area (Å²) in [7, 11) is 0. The van der Waals surface area contributed by atoms with Crippen LogP contribution in [-0.2, 0) is 0 Å². The first-order chi connectivity index (χ1) is 7.37. The third-order valence-electron chi connectivity index (χ3n) is 1.54. The number of benzene rings is 1. The molecule has 0 unspecified atom stereocenters. The predicted octanol–water partition coefficient (Wildman–Crippen LogP) is 3.54. The van der Waals surface area contributed by atoms with Gasteiger partial charge in [-0.3, -0.25) is 0 Å². The number of hydrogen-bond donors (Lipinski definition) is 0. The highest BCUT2D eigenvalue weighted by Crippen LogP contribution is 2.24. The topological polar surface area (TPSA) is 18.5 Å². The van der Waals surface area contributed by atoms with Crippen LogP contribution in [0.15, 0.2) is 36.4 Å². The number of rotatable bonds is 4. The summed E-state index contributed by atoms with van der Waals surface area (Å²) in [6.07, 6.45) is -4.67. The van der Waals surface area contributed by atoms with E-state index in [9.17, 15) is 13.2 Å². The van der Waals surface area contributed by atoms with Crippen LogP contribution >= 0.6 is 0 Å². The van der Waals surface area contributed by atoms with E-state index in [4.69, 9.17) is 4.74 Å². The van der Waals surface area contributed by atoms with Crippen molar-refractivity contribution >= 4 is 0 Å². The lowest BCUT2D eigenvalue weighted by molar-refractivity contribution is -0.274.